The topological polar surface area (TPSA) is 27.7 Å². The maximum atomic E-state index is 5.22. The van der Waals surface area contributed by atoms with Gasteiger partial charge in [0.05, 0.1) is 0 Å². The Morgan fingerprint density at radius 1 is 0.696 bits per heavy atom. The highest BCUT2D eigenvalue weighted by atomic mass is 17.5. The average Bonchev–Trinajstić information content (AvgIpc) is 3.43. The predicted octanol–water partition coefficient (Wildman–Crippen LogP) is 3.81. The molecule has 2 aromatic carbocycles. The van der Waals surface area contributed by atoms with E-state index in [2.05, 4.69) is 23.7 Å². The van der Waals surface area contributed by atoms with E-state index in [1.807, 2.05) is 50.2 Å². The summed E-state index contributed by atoms with van der Waals surface area (Å²) in [5, 5.41) is 4.91. The highest BCUT2D eigenvalue weighted by molar-refractivity contribution is 5.53. The van der Waals surface area contributed by atoms with Crippen molar-refractivity contribution in [1.82, 2.24) is 0 Å². The van der Waals surface area contributed by atoms with Crippen LogP contribution in [0, 0.1) is 37.5 Å². The van der Waals surface area contributed by atoms with E-state index < -0.39 is 0 Å². The molecule has 0 spiro atoms. The molecule has 0 saturated carbocycles. The molecule has 0 bridgehead atoms. The van der Waals surface area contributed by atoms with Crippen LogP contribution in [0.15, 0.2) is 36.4 Å². The number of benzene rings is 2. The van der Waals surface area contributed by atoms with Gasteiger partial charge in [-0.25, -0.2) is 0 Å². The second kappa shape index (κ2) is 5.39. The van der Waals surface area contributed by atoms with Crippen LogP contribution in [0.5, 0.6) is 11.5 Å². The van der Waals surface area contributed by atoms with Crippen molar-refractivity contribution in [2.24, 2.45) is 0 Å². The van der Waals surface area contributed by atoms with Crippen molar-refractivity contribution >= 4 is 0 Å². The minimum Gasteiger partial charge on any atom is -0.299 e. The molecule has 0 heterocycles. The largest absolute Gasteiger partial charge is 0.299 e. The van der Waals surface area contributed by atoms with E-state index in [1.54, 1.807) is 0 Å². The number of hydrogen-bond donors (Lipinski definition) is 0. The summed E-state index contributed by atoms with van der Waals surface area (Å²) in [4.78, 5) is 10.4. The molecule has 0 unspecified atom stereocenters. The zero-order chi connectivity index (χ0) is 15.8. The fraction of sp³-hybridized carbons (Fsp3) is 0.200. The number of rotatable bonds is 6. The molecule has 2 aliphatic carbocycles. The molecular formula is C20H14O3. The van der Waals surface area contributed by atoms with Crippen LogP contribution in [0.4, 0.5) is 0 Å². The van der Waals surface area contributed by atoms with E-state index in [0.717, 1.165) is 11.1 Å². The molecule has 112 valence electrons. The summed E-state index contributed by atoms with van der Waals surface area (Å²) in [5.41, 5.74) is 4.59. The average molecular weight is 302 g/mol. The Hall–Kier alpha value is -2.88. The predicted molar refractivity (Wildman–Crippen MR) is 85.7 cm³/mol. The summed E-state index contributed by atoms with van der Waals surface area (Å²) in [6.45, 7) is 4.10. The van der Waals surface area contributed by atoms with E-state index >= 15 is 0 Å². The number of aryl methyl sites for hydroxylation is 2. The Balaban J connectivity index is 1.38. The summed E-state index contributed by atoms with van der Waals surface area (Å²) in [7, 11) is 0. The maximum absolute atomic E-state index is 5.22. The van der Waals surface area contributed by atoms with Crippen LogP contribution in [0.2, 0.25) is 0 Å². The first-order valence-corrected chi connectivity index (χ1v) is 7.45. The zero-order valence-electron chi connectivity index (χ0n) is 12.8. The summed E-state index contributed by atoms with van der Waals surface area (Å²) in [6, 6.07) is 11.4. The van der Waals surface area contributed by atoms with Gasteiger partial charge in [0.25, 0.3) is 0 Å². The van der Waals surface area contributed by atoms with Gasteiger partial charge in [-0.15, -0.1) is 0 Å². The molecule has 0 N–H and O–H groups in total. The zero-order valence-corrected chi connectivity index (χ0v) is 12.8. The number of hydrogen-bond acceptors (Lipinski definition) is 3. The van der Waals surface area contributed by atoms with Crippen molar-refractivity contribution < 1.29 is 14.8 Å². The first-order chi connectivity index (χ1) is 11.2. The molecule has 3 nitrogen and oxygen atoms in total. The molecule has 0 atom stereocenters. The fourth-order valence-corrected chi connectivity index (χ4v) is 2.45. The third kappa shape index (κ3) is 3.01. The lowest BCUT2D eigenvalue weighted by Gasteiger charge is -2.09. The summed E-state index contributed by atoms with van der Waals surface area (Å²) in [6.07, 6.45) is 0. The van der Waals surface area contributed by atoms with E-state index in [0.29, 0.717) is 11.5 Å². The Kier molecular flexibility index (Phi) is 3.23. The summed E-state index contributed by atoms with van der Waals surface area (Å²) < 4.78 is 0. The van der Waals surface area contributed by atoms with Gasteiger partial charge < -0.3 is 0 Å². The lowest BCUT2D eigenvalue weighted by Crippen LogP contribution is -2.03. The van der Waals surface area contributed by atoms with Crippen molar-refractivity contribution in [3.8, 4) is 35.2 Å². The maximum Gasteiger partial charge on any atom is 0.170 e. The van der Waals surface area contributed by atoms with Crippen LogP contribution < -0.4 is 9.78 Å². The highest BCUT2D eigenvalue weighted by Gasteiger charge is 2.18. The molecule has 3 heteroatoms. The molecule has 0 radical (unpaired) electrons. The van der Waals surface area contributed by atoms with Gasteiger partial charge in [0.1, 0.15) is 11.8 Å². The minimum atomic E-state index is 0.178. The lowest BCUT2D eigenvalue weighted by atomic mass is 10.0. The van der Waals surface area contributed by atoms with Gasteiger partial charge in [-0.1, -0.05) is 35.8 Å². The first-order valence-electron chi connectivity index (χ1n) is 7.45. The SMILES string of the molecule is Cc1ccc(OOOc2ccc(C)c(C3C#C3)c2)cc1C1C#C1. The molecule has 0 amide bonds. The quantitative estimate of drug-likeness (QED) is 0.461. The van der Waals surface area contributed by atoms with Gasteiger partial charge in [0.2, 0.25) is 0 Å². The van der Waals surface area contributed by atoms with Crippen LogP contribution >= 0.6 is 0 Å². The second-order valence-electron chi connectivity index (χ2n) is 5.71. The molecule has 0 fully saturated rings. The Morgan fingerprint density at radius 3 is 1.52 bits per heavy atom. The normalized spacial score (nSPS) is 14.3. The van der Waals surface area contributed by atoms with E-state index in [4.69, 9.17) is 14.8 Å². The van der Waals surface area contributed by atoms with E-state index in [-0.39, 0.29) is 11.8 Å². The van der Waals surface area contributed by atoms with E-state index in [9.17, 15) is 0 Å². The Morgan fingerprint density at radius 2 is 1.13 bits per heavy atom. The van der Waals surface area contributed by atoms with Crippen molar-refractivity contribution in [2.75, 3.05) is 0 Å². The van der Waals surface area contributed by atoms with Crippen LogP contribution in [0.3, 0.4) is 0 Å². The first kappa shape index (κ1) is 13.8. The molecule has 0 aliphatic heterocycles. The smallest absolute Gasteiger partial charge is 0.170 e. The van der Waals surface area contributed by atoms with Gasteiger partial charge in [0.15, 0.2) is 11.5 Å². The second-order valence-corrected chi connectivity index (χ2v) is 5.71. The van der Waals surface area contributed by atoms with Crippen LogP contribution in [0.1, 0.15) is 34.1 Å². The van der Waals surface area contributed by atoms with Crippen LogP contribution in [0.25, 0.3) is 0 Å². The lowest BCUT2D eigenvalue weighted by molar-refractivity contribution is -0.411. The monoisotopic (exact) mass is 302 g/mol. The Bertz CT molecular complexity index is 814. The molecule has 0 aromatic heterocycles. The van der Waals surface area contributed by atoms with Crippen molar-refractivity contribution in [2.45, 2.75) is 25.7 Å². The molecule has 0 saturated heterocycles. The van der Waals surface area contributed by atoms with Crippen LogP contribution in [-0.2, 0) is 5.04 Å². The minimum absolute atomic E-state index is 0.178. The molecule has 2 aromatic rings. The van der Waals surface area contributed by atoms with Gasteiger partial charge in [-0.2, -0.15) is 0 Å². The molecular weight excluding hydrogens is 288 g/mol. The van der Waals surface area contributed by atoms with Crippen molar-refractivity contribution in [1.29, 1.82) is 0 Å². The van der Waals surface area contributed by atoms with Gasteiger partial charge in [-0.3, -0.25) is 9.78 Å². The summed E-state index contributed by atoms with van der Waals surface area (Å²) >= 11 is 0. The standard InChI is InChI=1S/C20H14O3/c1-13-3-9-17(11-19(13)15-5-6-15)21-23-22-18-10-4-14(2)20(12-18)16-7-8-16/h3-4,9-12,15-16H,1-2H3. The highest BCUT2D eigenvalue weighted by Crippen LogP contribution is 2.30. The van der Waals surface area contributed by atoms with Gasteiger partial charge in [-0.05, 0) is 60.4 Å². The molecule has 4 rings (SSSR count). The van der Waals surface area contributed by atoms with Gasteiger partial charge >= 0.3 is 0 Å². The van der Waals surface area contributed by atoms with Crippen molar-refractivity contribution in [3.05, 3.63) is 58.7 Å². The van der Waals surface area contributed by atoms with Crippen molar-refractivity contribution in [3.63, 3.8) is 0 Å². The Labute approximate surface area is 135 Å². The molecule has 2 aliphatic rings. The summed E-state index contributed by atoms with van der Waals surface area (Å²) in [5.74, 6) is 13.7. The third-order valence-corrected chi connectivity index (χ3v) is 3.96. The van der Waals surface area contributed by atoms with Crippen LogP contribution in [-0.4, -0.2) is 0 Å². The fourth-order valence-electron chi connectivity index (χ4n) is 2.45. The molecule has 23 heavy (non-hydrogen) atoms. The third-order valence-electron chi connectivity index (χ3n) is 3.96. The van der Waals surface area contributed by atoms with Gasteiger partial charge in [0, 0.05) is 5.04 Å². The van der Waals surface area contributed by atoms with E-state index in [1.165, 1.54) is 11.1 Å².